The van der Waals surface area contributed by atoms with E-state index < -0.39 is 0 Å². The predicted molar refractivity (Wildman–Crippen MR) is 198 cm³/mol. The molecule has 0 spiro atoms. The summed E-state index contributed by atoms with van der Waals surface area (Å²) >= 11 is 0. The number of hydrogen-bond acceptors (Lipinski definition) is 1. The topological polar surface area (TPSA) is 9.23 Å². The lowest BCUT2D eigenvalue weighted by molar-refractivity contribution is 0.487. The number of rotatable bonds is 3. The van der Waals surface area contributed by atoms with Crippen LogP contribution in [0.25, 0.3) is 87.6 Å². The van der Waals surface area contributed by atoms with E-state index in [4.69, 9.17) is 4.74 Å². The first-order valence-corrected chi connectivity index (χ1v) is 16.2. The van der Waals surface area contributed by atoms with Gasteiger partial charge in [-0.05, 0) is 94.8 Å². The van der Waals surface area contributed by atoms with Crippen molar-refractivity contribution in [3.63, 3.8) is 0 Å². The smallest absolute Gasteiger partial charge is 0.135 e. The van der Waals surface area contributed by atoms with Gasteiger partial charge in [-0.2, -0.15) is 0 Å². The third kappa shape index (κ3) is 3.90. The maximum absolute atomic E-state index is 6.48. The zero-order chi connectivity index (χ0) is 30.9. The SMILES string of the molecule is c1ccc(-c2c3ccccc3c(-c3ccc4c(c3)-c3cccc5cccc(c35)O4)c3ccccc23)c(-c2cccc3ccccc23)c1. The molecule has 0 radical (unpaired) electrons. The largest absolute Gasteiger partial charge is 0.456 e. The Balaban J connectivity index is 1.26. The highest BCUT2D eigenvalue weighted by Crippen LogP contribution is 2.50. The average Bonchev–Trinajstić information content (AvgIpc) is 3.14. The molecule has 1 aliphatic rings. The zero-order valence-electron chi connectivity index (χ0n) is 25.6. The van der Waals surface area contributed by atoms with Crippen molar-refractivity contribution >= 4 is 43.1 Å². The molecule has 0 N–H and O–H groups in total. The Morgan fingerprint density at radius 1 is 0.298 bits per heavy atom. The molecule has 9 aromatic rings. The molecule has 0 saturated heterocycles. The summed E-state index contributed by atoms with van der Waals surface area (Å²) in [6.45, 7) is 0. The minimum Gasteiger partial charge on any atom is -0.456 e. The van der Waals surface area contributed by atoms with Crippen LogP contribution in [0.3, 0.4) is 0 Å². The van der Waals surface area contributed by atoms with Crippen LogP contribution in [0.2, 0.25) is 0 Å². The molecule has 0 amide bonds. The van der Waals surface area contributed by atoms with Crippen LogP contribution in [0, 0.1) is 0 Å². The number of ether oxygens (including phenoxy) is 1. The molecule has 0 unspecified atom stereocenters. The van der Waals surface area contributed by atoms with E-state index in [-0.39, 0.29) is 0 Å². The second-order valence-corrected chi connectivity index (χ2v) is 12.4. The highest BCUT2D eigenvalue weighted by atomic mass is 16.5. The first-order chi connectivity index (χ1) is 23.3. The first kappa shape index (κ1) is 26.1. The van der Waals surface area contributed by atoms with E-state index in [2.05, 4.69) is 170 Å². The second kappa shape index (κ2) is 10.2. The second-order valence-electron chi connectivity index (χ2n) is 12.4. The molecule has 0 saturated carbocycles. The number of fused-ring (bicyclic) bond motifs is 5. The molecule has 0 bridgehead atoms. The van der Waals surface area contributed by atoms with Crippen LogP contribution in [0.4, 0.5) is 0 Å². The lowest BCUT2D eigenvalue weighted by Crippen LogP contribution is -1.98. The molecule has 47 heavy (non-hydrogen) atoms. The van der Waals surface area contributed by atoms with E-state index in [0.29, 0.717) is 0 Å². The maximum Gasteiger partial charge on any atom is 0.135 e. The lowest BCUT2D eigenvalue weighted by Gasteiger charge is -2.23. The summed E-state index contributed by atoms with van der Waals surface area (Å²) in [7, 11) is 0. The Kier molecular flexibility index (Phi) is 5.64. The van der Waals surface area contributed by atoms with Gasteiger partial charge in [-0.3, -0.25) is 0 Å². The van der Waals surface area contributed by atoms with Gasteiger partial charge in [-0.25, -0.2) is 0 Å². The Morgan fingerprint density at radius 2 is 0.830 bits per heavy atom. The van der Waals surface area contributed by atoms with E-state index in [1.54, 1.807) is 0 Å². The van der Waals surface area contributed by atoms with Crippen molar-refractivity contribution in [3.8, 4) is 56.0 Å². The van der Waals surface area contributed by atoms with Crippen molar-refractivity contribution < 1.29 is 4.74 Å². The fourth-order valence-corrected chi connectivity index (χ4v) is 7.85. The molecule has 1 aliphatic heterocycles. The van der Waals surface area contributed by atoms with E-state index in [1.807, 2.05) is 0 Å². The Labute approximate surface area is 272 Å². The molecule has 0 fully saturated rings. The van der Waals surface area contributed by atoms with Gasteiger partial charge in [0.15, 0.2) is 0 Å². The Hall–Kier alpha value is -6.18. The minimum absolute atomic E-state index is 0.897. The molecule has 0 atom stereocenters. The van der Waals surface area contributed by atoms with Crippen molar-refractivity contribution in [2.24, 2.45) is 0 Å². The summed E-state index contributed by atoms with van der Waals surface area (Å²) in [5.74, 6) is 1.82. The average molecular weight is 597 g/mol. The van der Waals surface area contributed by atoms with Crippen LogP contribution in [0.1, 0.15) is 0 Å². The van der Waals surface area contributed by atoms with E-state index in [1.165, 1.54) is 82.0 Å². The van der Waals surface area contributed by atoms with Gasteiger partial charge >= 0.3 is 0 Å². The molecule has 0 aliphatic carbocycles. The van der Waals surface area contributed by atoms with E-state index >= 15 is 0 Å². The minimum atomic E-state index is 0.897. The van der Waals surface area contributed by atoms with Gasteiger partial charge < -0.3 is 4.74 Å². The van der Waals surface area contributed by atoms with Crippen LogP contribution in [-0.2, 0) is 0 Å². The summed E-state index contributed by atoms with van der Waals surface area (Å²) in [5, 5.41) is 9.86. The number of hydrogen-bond donors (Lipinski definition) is 0. The van der Waals surface area contributed by atoms with Gasteiger partial charge in [0.2, 0.25) is 0 Å². The van der Waals surface area contributed by atoms with Gasteiger partial charge in [0.1, 0.15) is 11.5 Å². The molecule has 1 heteroatoms. The van der Waals surface area contributed by atoms with Crippen molar-refractivity contribution in [2.45, 2.75) is 0 Å². The molecule has 10 rings (SSSR count). The van der Waals surface area contributed by atoms with Gasteiger partial charge in [-0.1, -0.05) is 152 Å². The fourth-order valence-electron chi connectivity index (χ4n) is 7.85. The molecule has 218 valence electrons. The zero-order valence-corrected chi connectivity index (χ0v) is 25.6. The molecule has 1 heterocycles. The molecular formula is C46H28O. The van der Waals surface area contributed by atoms with Crippen molar-refractivity contribution in [2.75, 3.05) is 0 Å². The van der Waals surface area contributed by atoms with E-state index in [0.717, 1.165) is 17.1 Å². The quantitative estimate of drug-likeness (QED) is 0.184. The molecule has 9 aromatic carbocycles. The van der Waals surface area contributed by atoms with Crippen molar-refractivity contribution in [3.05, 3.63) is 170 Å². The Bertz CT molecular complexity index is 2650. The van der Waals surface area contributed by atoms with Gasteiger partial charge in [-0.15, -0.1) is 0 Å². The Morgan fingerprint density at radius 3 is 1.57 bits per heavy atom. The van der Waals surface area contributed by atoms with Crippen LogP contribution in [0.5, 0.6) is 11.5 Å². The first-order valence-electron chi connectivity index (χ1n) is 16.2. The van der Waals surface area contributed by atoms with Crippen molar-refractivity contribution in [1.29, 1.82) is 0 Å². The van der Waals surface area contributed by atoms with Crippen LogP contribution < -0.4 is 4.74 Å². The van der Waals surface area contributed by atoms with Crippen LogP contribution >= 0.6 is 0 Å². The van der Waals surface area contributed by atoms with Gasteiger partial charge in [0, 0.05) is 10.9 Å². The lowest BCUT2D eigenvalue weighted by atomic mass is 9.82. The standard InChI is InChI=1S/C46H28O/c1-2-16-32-29(12-1)13-9-23-33(32)34-17-3-4-18-35(34)46-38-21-7-5-19-36(38)44(37-20-6-8-22-39(37)46)31-26-27-42-41(28-31)40-24-10-14-30-15-11-25-43(47-42)45(30)40/h1-28H. The summed E-state index contributed by atoms with van der Waals surface area (Å²) in [5.41, 5.74) is 9.78. The van der Waals surface area contributed by atoms with Crippen LogP contribution in [0.15, 0.2) is 170 Å². The summed E-state index contributed by atoms with van der Waals surface area (Å²) in [6.07, 6.45) is 0. The summed E-state index contributed by atoms with van der Waals surface area (Å²) in [6, 6.07) is 61.6. The van der Waals surface area contributed by atoms with Crippen molar-refractivity contribution in [1.82, 2.24) is 0 Å². The third-order valence-electron chi connectivity index (χ3n) is 9.85. The van der Waals surface area contributed by atoms with Crippen LogP contribution in [-0.4, -0.2) is 0 Å². The molecule has 0 aromatic heterocycles. The summed E-state index contributed by atoms with van der Waals surface area (Å²) < 4.78 is 6.48. The highest BCUT2D eigenvalue weighted by molar-refractivity contribution is 6.23. The van der Waals surface area contributed by atoms with E-state index in [9.17, 15) is 0 Å². The number of benzene rings is 9. The van der Waals surface area contributed by atoms with Gasteiger partial charge in [0.25, 0.3) is 0 Å². The predicted octanol–water partition coefficient (Wildman–Crippen LogP) is 13.1. The van der Waals surface area contributed by atoms with Gasteiger partial charge in [0.05, 0.1) is 0 Å². The maximum atomic E-state index is 6.48. The molecule has 1 nitrogen and oxygen atoms in total. The monoisotopic (exact) mass is 596 g/mol. The molecular weight excluding hydrogens is 569 g/mol. The summed E-state index contributed by atoms with van der Waals surface area (Å²) in [4.78, 5) is 0. The highest BCUT2D eigenvalue weighted by Gasteiger charge is 2.23. The third-order valence-corrected chi connectivity index (χ3v) is 9.85. The normalized spacial score (nSPS) is 12.0. The fraction of sp³-hybridized carbons (Fsp3) is 0.